The summed E-state index contributed by atoms with van der Waals surface area (Å²) >= 11 is 7.48. The van der Waals surface area contributed by atoms with Crippen molar-refractivity contribution in [2.45, 2.75) is 37.8 Å². The van der Waals surface area contributed by atoms with E-state index in [9.17, 15) is 14.9 Å². The van der Waals surface area contributed by atoms with Crippen LogP contribution in [0.2, 0.25) is 5.02 Å². The third kappa shape index (κ3) is 3.17. The molecule has 2 fully saturated rings. The van der Waals surface area contributed by atoms with Crippen LogP contribution < -0.4 is 9.96 Å². The highest BCUT2D eigenvalue weighted by atomic mass is 35.5. The molecule has 0 bridgehead atoms. The summed E-state index contributed by atoms with van der Waals surface area (Å²) in [7, 11) is 0. The lowest BCUT2D eigenvalue weighted by Crippen LogP contribution is -2.37. The number of thiophene rings is 1. The fraction of sp³-hybridized carbons (Fsp3) is 0.269. The van der Waals surface area contributed by atoms with Crippen molar-refractivity contribution in [1.82, 2.24) is 0 Å². The second-order valence-corrected chi connectivity index (χ2v) is 10.2. The Kier molecular flexibility index (Phi) is 5.18. The van der Waals surface area contributed by atoms with Crippen LogP contribution in [0.5, 0.6) is 0 Å². The molecule has 0 spiro atoms. The number of fused-ring (bicyclic) bond motifs is 2. The van der Waals surface area contributed by atoms with Crippen LogP contribution >= 0.6 is 22.9 Å². The minimum absolute atomic E-state index is 0.324. The Morgan fingerprint density at radius 3 is 2.47 bits per heavy atom. The van der Waals surface area contributed by atoms with Crippen molar-refractivity contribution in [3.8, 4) is 6.07 Å². The van der Waals surface area contributed by atoms with Crippen LogP contribution in [0.4, 0.5) is 10.7 Å². The molecule has 2 amide bonds. The standard InChI is InChI=1S/C26H20ClN3O3S/c27-16-10-12-17(13-11-16)30-22(15-6-2-1-3-7-15)21-23(33-30)25(32)29(24(21)31)26-19(14-28)18-8-4-5-9-20(18)34-26/h1-3,6-7,10-13,21-23H,4-5,8-9H2/t21-,22+,23+/m1/s1. The van der Waals surface area contributed by atoms with Gasteiger partial charge in [0.05, 0.1) is 17.3 Å². The summed E-state index contributed by atoms with van der Waals surface area (Å²) in [5.41, 5.74) is 3.05. The molecule has 3 atom stereocenters. The monoisotopic (exact) mass is 489 g/mol. The van der Waals surface area contributed by atoms with Gasteiger partial charge in [0.15, 0.2) is 6.10 Å². The van der Waals surface area contributed by atoms with E-state index >= 15 is 0 Å². The zero-order valence-corrected chi connectivity index (χ0v) is 19.7. The number of anilines is 2. The molecule has 2 aliphatic heterocycles. The highest BCUT2D eigenvalue weighted by Gasteiger charge is 2.61. The number of halogens is 1. The van der Waals surface area contributed by atoms with Gasteiger partial charge < -0.3 is 0 Å². The first-order valence-corrected chi connectivity index (χ1v) is 12.5. The fourth-order valence-corrected chi connectivity index (χ4v) is 6.72. The van der Waals surface area contributed by atoms with Crippen LogP contribution in [0, 0.1) is 17.2 Å². The van der Waals surface area contributed by atoms with Gasteiger partial charge in [-0.2, -0.15) is 5.26 Å². The minimum Gasteiger partial charge on any atom is -0.273 e. The van der Waals surface area contributed by atoms with E-state index in [1.165, 1.54) is 16.2 Å². The SMILES string of the molecule is N#Cc1c(N2C(=O)[C@H]3[C@H](ON(c4ccc(Cl)cc4)[C@H]3c3ccccc3)C2=O)sc2c1CCCC2. The number of amides is 2. The Morgan fingerprint density at radius 2 is 1.74 bits per heavy atom. The smallest absolute Gasteiger partial charge is 0.267 e. The molecule has 0 radical (unpaired) electrons. The molecule has 2 aromatic carbocycles. The summed E-state index contributed by atoms with van der Waals surface area (Å²) in [5, 5.41) is 12.6. The number of benzene rings is 2. The van der Waals surface area contributed by atoms with Crippen LogP contribution in [0.3, 0.4) is 0 Å². The first-order valence-electron chi connectivity index (χ1n) is 11.3. The zero-order valence-electron chi connectivity index (χ0n) is 18.1. The second-order valence-electron chi connectivity index (χ2n) is 8.72. The number of carbonyl (C=O) groups excluding carboxylic acids is 2. The van der Waals surface area contributed by atoms with Crippen LogP contribution in [0.25, 0.3) is 0 Å². The van der Waals surface area contributed by atoms with E-state index in [1.807, 2.05) is 42.5 Å². The number of hydrogen-bond donors (Lipinski definition) is 0. The predicted octanol–water partition coefficient (Wildman–Crippen LogP) is 5.20. The molecule has 0 saturated carbocycles. The Morgan fingerprint density at radius 1 is 1.00 bits per heavy atom. The maximum Gasteiger partial charge on any atom is 0.267 e. The van der Waals surface area contributed by atoms with Crippen LogP contribution in [0.15, 0.2) is 54.6 Å². The molecule has 3 heterocycles. The zero-order chi connectivity index (χ0) is 23.4. The van der Waals surface area contributed by atoms with E-state index in [0.29, 0.717) is 21.3 Å². The van der Waals surface area contributed by atoms with Crippen molar-refractivity contribution < 1.29 is 14.4 Å². The minimum atomic E-state index is -0.959. The lowest BCUT2D eigenvalue weighted by molar-refractivity contribution is -0.126. The van der Waals surface area contributed by atoms with Gasteiger partial charge in [-0.15, -0.1) is 11.3 Å². The lowest BCUT2D eigenvalue weighted by atomic mass is 9.90. The lowest BCUT2D eigenvalue weighted by Gasteiger charge is -2.28. The predicted molar refractivity (Wildman–Crippen MR) is 130 cm³/mol. The van der Waals surface area contributed by atoms with Crippen molar-refractivity contribution in [2.24, 2.45) is 5.92 Å². The summed E-state index contributed by atoms with van der Waals surface area (Å²) in [6, 6.07) is 18.5. The first kappa shape index (κ1) is 21.4. The Labute approximate surface area is 205 Å². The van der Waals surface area contributed by atoms with E-state index in [1.54, 1.807) is 17.2 Å². The van der Waals surface area contributed by atoms with Gasteiger partial charge >= 0.3 is 0 Å². The number of rotatable bonds is 3. The van der Waals surface area contributed by atoms with E-state index < -0.39 is 24.0 Å². The normalized spacial score (nSPS) is 23.7. The molecule has 1 aromatic heterocycles. The molecule has 0 unspecified atom stereocenters. The van der Waals surface area contributed by atoms with Crippen LogP contribution in [-0.4, -0.2) is 17.9 Å². The van der Waals surface area contributed by atoms with E-state index in [0.717, 1.165) is 41.7 Å². The van der Waals surface area contributed by atoms with Crippen molar-refractivity contribution in [2.75, 3.05) is 9.96 Å². The van der Waals surface area contributed by atoms with Gasteiger partial charge in [-0.3, -0.25) is 14.4 Å². The molecule has 6 rings (SSSR count). The molecule has 1 aliphatic carbocycles. The van der Waals surface area contributed by atoms with Gasteiger partial charge in [0.1, 0.15) is 17.0 Å². The third-order valence-electron chi connectivity index (χ3n) is 6.81. The van der Waals surface area contributed by atoms with E-state index in [2.05, 4.69) is 6.07 Å². The highest BCUT2D eigenvalue weighted by Crippen LogP contribution is 2.50. The molecular formula is C26H20ClN3O3S. The molecule has 34 heavy (non-hydrogen) atoms. The van der Waals surface area contributed by atoms with Crippen LogP contribution in [0.1, 0.15) is 40.5 Å². The topological polar surface area (TPSA) is 73.6 Å². The summed E-state index contributed by atoms with van der Waals surface area (Å²) in [6.45, 7) is 0. The molecule has 170 valence electrons. The average molecular weight is 490 g/mol. The summed E-state index contributed by atoms with van der Waals surface area (Å²) < 4.78 is 0. The van der Waals surface area contributed by atoms with Gasteiger partial charge in [0.25, 0.3) is 5.91 Å². The molecule has 3 aromatic rings. The molecule has 8 heteroatoms. The van der Waals surface area contributed by atoms with Gasteiger partial charge in [0.2, 0.25) is 5.91 Å². The number of imide groups is 1. The van der Waals surface area contributed by atoms with Crippen molar-refractivity contribution in [1.29, 1.82) is 5.26 Å². The number of hydroxylamine groups is 1. The summed E-state index contributed by atoms with van der Waals surface area (Å²) in [4.78, 5) is 36.0. The quantitative estimate of drug-likeness (QED) is 0.472. The van der Waals surface area contributed by atoms with Gasteiger partial charge in [-0.1, -0.05) is 41.9 Å². The van der Waals surface area contributed by atoms with Crippen molar-refractivity contribution >= 4 is 45.4 Å². The highest BCUT2D eigenvalue weighted by molar-refractivity contribution is 7.17. The molecular weight excluding hydrogens is 470 g/mol. The molecule has 3 aliphatic rings. The fourth-order valence-electron chi connectivity index (χ4n) is 5.24. The van der Waals surface area contributed by atoms with E-state index in [4.69, 9.17) is 16.4 Å². The maximum atomic E-state index is 13.9. The third-order valence-corrected chi connectivity index (χ3v) is 8.33. The largest absolute Gasteiger partial charge is 0.273 e. The number of carbonyl (C=O) groups is 2. The van der Waals surface area contributed by atoms with Gasteiger partial charge in [-0.25, -0.2) is 9.96 Å². The average Bonchev–Trinajstić information content (AvgIpc) is 3.50. The van der Waals surface area contributed by atoms with E-state index in [-0.39, 0.29) is 5.91 Å². The van der Waals surface area contributed by atoms with Crippen LogP contribution in [-0.2, 0) is 27.3 Å². The molecule has 0 N–H and O–H groups in total. The first-order chi connectivity index (χ1) is 16.6. The summed E-state index contributed by atoms with van der Waals surface area (Å²) in [6.07, 6.45) is 2.80. The summed E-state index contributed by atoms with van der Waals surface area (Å²) in [5.74, 6) is -1.46. The van der Waals surface area contributed by atoms with Gasteiger partial charge in [0, 0.05) is 9.90 Å². The number of aryl methyl sites for hydroxylation is 1. The Balaban J connectivity index is 1.43. The second kappa shape index (κ2) is 8.24. The van der Waals surface area contributed by atoms with Crippen molar-refractivity contribution in [3.05, 3.63) is 81.2 Å². The number of hydrogen-bond acceptors (Lipinski definition) is 6. The molecule has 2 saturated heterocycles. The Hall–Kier alpha value is -3.18. The van der Waals surface area contributed by atoms with Gasteiger partial charge in [-0.05, 0) is 61.1 Å². The number of nitriles is 1. The Bertz CT molecular complexity index is 1330. The van der Waals surface area contributed by atoms with Crippen molar-refractivity contribution in [3.63, 3.8) is 0 Å². The maximum absolute atomic E-state index is 13.9. The number of nitrogens with zero attached hydrogens (tertiary/aromatic N) is 3. The molecule has 6 nitrogen and oxygen atoms in total.